The number of morpholine rings is 1. The first-order chi connectivity index (χ1) is 14.9. The lowest BCUT2D eigenvalue weighted by atomic mass is 9.99. The van der Waals surface area contributed by atoms with E-state index in [0.29, 0.717) is 26.3 Å². The van der Waals surface area contributed by atoms with Crippen molar-refractivity contribution < 1.29 is 14.3 Å². The smallest absolute Gasteiger partial charge is 0.410 e. The maximum Gasteiger partial charge on any atom is 0.410 e. The van der Waals surface area contributed by atoms with Gasteiger partial charge in [-0.3, -0.25) is 4.90 Å². The number of hydrogen-bond acceptors (Lipinski definition) is 6. The molecule has 2 aliphatic heterocycles. The molecule has 0 spiro atoms. The van der Waals surface area contributed by atoms with E-state index in [1.165, 1.54) is 5.56 Å². The maximum atomic E-state index is 12.8. The molecule has 7 heteroatoms. The van der Waals surface area contributed by atoms with E-state index in [1.54, 1.807) is 11.8 Å². The minimum Gasteiger partial charge on any atom is -0.444 e. The van der Waals surface area contributed by atoms with E-state index in [0.717, 1.165) is 35.1 Å². The summed E-state index contributed by atoms with van der Waals surface area (Å²) >= 11 is 1.75. The predicted molar refractivity (Wildman–Crippen MR) is 122 cm³/mol. The number of ether oxygens (including phenoxy) is 2. The Bertz CT molecular complexity index is 895. The second kappa shape index (κ2) is 9.59. The van der Waals surface area contributed by atoms with Crippen LogP contribution in [-0.2, 0) is 21.8 Å². The zero-order valence-corrected chi connectivity index (χ0v) is 19.4. The van der Waals surface area contributed by atoms with Crippen LogP contribution in [0.5, 0.6) is 0 Å². The Balaban J connectivity index is 1.56. The SMILES string of the molecule is CC(C)(C)OC(=O)N1Cc2ccc(SCc3ccccc3)nc2C(N2CCOCC2)C1. The van der Waals surface area contributed by atoms with Crippen molar-refractivity contribution in [3.63, 3.8) is 0 Å². The lowest BCUT2D eigenvalue weighted by Gasteiger charge is -2.41. The van der Waals surface area contributed by atoms with Gasteiger partial charge in [0.25, 0.3) is 0 Å². The van der Waals surface area contributed by atoms with Crippen molar-refractivity contribution in [2.45, 2.75) is 49.7 Å². The third-order valence-corrected chi connectivity index (χ3v) is 6.43. The molecule has 1 amide bonds. The standard InChI is InChI=1S/C24H31N3O3S/c1-24(2,3)30-23(28)27-15-19-9-10-21(31-17-18-7-5-4-6-8-18)25-22(19)20(16-27)26-11-13-29-14-12-26/h4-10,20H,11-17H2,1-3H3. The van der Waals surface area contributed by atoms with Crippen LogP contribution in [0.15, 0.2) is 47.5 Å². The predicted octanol–water partition coefficient (Wildman–Crippen LogP) is 4.50. The molecule has 2 aromatic rings. The molecule has 0 radical (unpaired) electrons. The highest BCUT2D eigenvalue weighted by Crippen LogP contribution is 2.33. The lowest BCUT2D eigenvalue weighted by molar-refractivity contribution is -0.0103. The highest BCUT2D eigenvalue weighted by molar-refractivity contribution is 7.98. The molecule has 0 bridgehead atoms. The molecule has 6 nitrogen and oxygen atoms in total. The Hall–Kier alpha value is -2.09. The fourth-order valence-corrected chi connectivity index (χ4v) is 4.76. The molecule has 0 N–H and O–H groups in total. The van der Waals surface area contributed by atoms with Crippen molar-refractivity contribution >= 4 is 17.9 Å². The molecule has 0 aliphatic carbocycles. The van der Waals surface area contributed by atoms with E-state index in [2.05, 4.69) is 41.3 Å². The summed E-state index contributed by atoms with van der Waals surface area (Å²) in [6.45, 7) is 9.93. The Kier molecular flexibility index (Phi) is 6.84. The quantitative estimate of drug-likeness (QED) is 0.652. The van der Waals surface area contributed by atoms with Gasteiger partial charge >= 0.3 is 6.09 Å². The molecular formula is C24H31N3O3S. The second-order valence-corrected chi connectivity index (χ2v) is 9.99. The zero-order valence-electron chi connectivity index (χ0n) is 18.5. The minimum atomic E-state index is -0.512. The van der Waals surface area contributed by atoms with Crippen LogP contribution in [0.3, 0.4) is 0 Å². The highest BCUT2D eigenvalue weighted by atomic mass is 32.2. The molecule has 1 unspecified atom stereocenters. The van der Waals surface area contributed by atoms with Crippen molar-refractivity contribution in [1.29, 1.82) is 0 Å². The van der Waals surface area contributed by atoms with Crippen molar-refractivity contribution in [3.8, 4) is 0 Å². The minimum absolute atomic E-state index is 0.0532. The molecule has 1 aromatic carbocycles. The van der Waals surface area contributed by atoms with Gasteiger partial charge in [-0.05, 0) is 38.0 Å². The van der Waals surface area contributed by atoms with Gasteiger partial charge < -0.3 is 14.4 Å². The number of amides is 1. The lowest BCUT2D eigenvalue weighted by Crippen LogP contribution is -2.49. The molecular weight excluding hydrogens is 410 g/mol. The molecule has 1 saturated heterocycles. The fraction of sp³-hybridized carbons (Fsp3) is 0.500. The average Bonchev–Trinajstić information content (AvgIpc) is 2.77. The van der Waals surface area contributed by atoms with Crippen LogP contribution in [0.2, 0.25) is 0 Å². The monoisotopic (exact) mass is 441 g/mol. The first-order valence-electron chi connectivity index (χ1n) is 10.9. The van der Waals surface area contributed by atoms with E-state index in [9.17, 15) is 4.79 Å². The highest BCUT2D eigenvalue weighted by Gasteiger charge is 2.35. The van der Waals surface area contributed by atoms with Crippen molar-refractivity contribution in [1.82, 2.24) is 14.8 Å². The summed E-state index contributed by atoms with van der Waals surface area (Å²) in [6.07, 6.45) is -0.265. The Morgan fingerprint density at radius 2 is 1.90 bits per heavy atom. The largest absolute Gasteiger partial charge is 0.444 e. The number of hydrogen-bond donors (Lipinski definition) is 0. The van der Waals surface area contributed by atoms with Crippen molar-refractivity contribution in [2.24, 2.45) is 0 Å². The van der Waals surface area contributed by atoms with Crippen molar-refractivity contribution in [3.05, 3.63) is 59.3 Å². The third kappa shape index (κ3) is 5.79. The number of rotatable bonds is 4. The fourth-order valence-electron chi connectivity index (χ4n) is 3.93. The van der Waals surface area contributed by atoms with E-state index < -0.39 is 5.60 Å². The van der Waals surface area contributed by atoms with Gasteiger partial charge in [0.2, 0.25) is 0 Å². The number of benzene rings is 1. The summed E-state index contributed by atoms with van der Waals surface area (Å²) in [4.78, 5) is 22.1. The van der Waals surface area contributed by atoms with Crippen LogP contribution in [0.4, 0.5) is 4.79 Å². The van der Waals surface area contributed by atoms with Crippen LogP contribution < -0.4 is 0 Å². The van der Waals surface area contributed by atoms with Gasteiger partial charge in [-0.15, -0.1) is 11.8 Å². The number of nitrogens with zero attached hydrogens (tertiary/aromatic N) is 3. The summed E-state index contributed by atoms with van der Waals surface area (Å²) in [5.74, 6) is 0.888. The molecule has 4 rings (SSSR count). The first-order valence-corrected chi connectivity index (χ1v) is 11.8. The summed E-state index contributed by atoms with van der Waals surface area (Å²) in [5.41, 5.74) is 2.95. The van der Waals surface area contributed by atoms with Gasteiger partial charge in [-0.2, -0.15) is 0 Å². The Morgan fingerprint density at radius 1 is 1.16 bits per heavy atom. The first kappa shape index (κ1) is 22.1. The number of aromatic nitrogens is 1. The van der Waals surface area contributed by atoms with Crippen LogP contribution in [0, 0.1) is 0 Å². The topological polar surface area (TPSA) is 54.9 Å². The van der Waals surface area contributed by atoms with Crippen LogP contribution in [0.25, 0.3) is 0 Å². The normalized spacial score (nSPS) is 19.7. The number of carbonyl (C=O) groups is 1. The molecule has 2 aliphatic rings. The molecule has 1 aromatic heterocycles. The molecule has 3 heterocycles. The van der Waals surface area contributed by atoms with Gasteiger partial charge in [-0.25, -0.2) is 9.78 Å². The number of pyridine rings is 1. The summed E-state index contributed by atoms with van der Waals surface area (Å²) < 4.78 is 11.2. The van der Waals surface area contributed by atoms with Crippen LogP contribution in [-0.4, -0.2) is 59.3 Å². The zero-order chi connectivity index (χ0) is 21.8. The second-order valence-electron chi connectivity index (χ2n) is 8.99. The van der Waals surface area contributed by atoms with Crippen LogP contribution >= 0.6 is 11.8 Å². The van der Waals surface area contributed by atoms with Gasteiger partial charge in [0.1, 0.15) is 5.60 Å². The average molecular weight is 442 g/mol. The molecule has 1 atom stereocenters. The third-order valence-electron chi connectivity index (χ3n) is 5.42. The Labute approximate surface area is 188 Å². The van der Waals surface area contributed by atoms with Gasteiger partial charge in [0, 0.05) is 25.4 Å². The van der Waals surface area contributed by atoms with Gasteiger partial charge in [0.05, 0.1) is 36.5 Å². The van der Waals surface area contributed by atoms with E-state index in [4.69, 9.17) is 14.5 Å². The Morgan fingerprint density at radius 3 is 2.61 bits per heavy atom. The van der Waals surface area contributed by atoms with Gasteiger partial charge in [0.15, 0.2) is 0 Å². The van der Waals surface area contributed by atoms with E-state index >= 15 is 0 Å². The molecule has 0 saturated carbocycles. The van der Waals surface area contributed by atoms with E-state index in [-0.39, 0.29) is 12.1 Å². The molecule has 1 fully saturated rings. The molecule has 31 heavy (non-hydrogen) atoms. The molecule has 166 valence electrons. The number of thioether (sulfide) groups is 1. The maximum absolute atomic E-state index is 12.8. The van der Waals surface area contributed by atoms with Crippen LogP contribution in [0.1, 0.15) is 43.6 Å². The number of fused-ring (bicyclic) bond motifs is 1. The van der Waals surface area contributed by atoms with Gasteiger partial charge in [-0.1, -0.05) is 36.4 Å². The summed E-state index contributed by atoms with van der Waals surface area (Å²) in [5, 5.41) is 1.02. The summed E-state index contributed by atoms with van der Waals surface area (Å²) in [7, 11) is 0. The van der Waals surface area contributed by atoms with Crippen molar-refractivity contribution in [2.75, 3.05) is 32.8 Å². The summed E-state index contributed by atoms with van der Waals surface area (Å²) in [6, 6.07) is 14.7. The van der Waals surface area contributed by atoms with E-state index in [1.807, 2.05) is 31.7 Å². The number of carbonyl (C=O) groups excluding carboxylic acids is 1.